The maximum atomic E-state index is 11.9. The van der Waals surface area contributed by atoms with Gasteiger partial charge in [0.15, 0.2) is 0 Å². The Kier molecular flexibility index (Phi) is 3.95. The summed E-state index contributed by atoms with van der Waals surface area (Å²) in [5.74, 6) is -1.11. The normalized spacial score (nSPS) is 11.6. The molecule has 20 heavy (non-hydrogen) atoms. The van der Waals surface area contributed by atoms with Crippen LogP contribution in [0.2, 0.25) is 0 Å². The van der Waals surface area contributed by atoms with Gasteiger partial charge in [-0.2, -0.15) is 12.8 Å². The first-order valence-electron chi connectivity index (χ1n) is 5.68. The van der Waals surface area contributed by atoms with E-state index >= 15 is 0 Å². The quantitative estimate of drug-likeness (QED) is 0.874. The van der Waals surface area contributed by atoms with Crippen LogP contribution in [0.1, 0.15) is 15.9 Å². The molecule has 6 heteroatoms. The summed E-state index contributed by atoms with van der Waals surface area (Å²) in [4.78, 5) is 10.6. The molecule has 2 aromatic carbocycles. The maximum Gasteiger partial charge on any atom is 0.335 e. The Hall–Kier alpha value is -2.47. The third-order valence-electron chi connectivity index (χ3n) is 2.54. The zero-order valence-electron chi connectivity index (χ0n) is 10.3. The Morgan fingerprint density at radius 2 is 1.60 bits per heavy atom. The maximum absolute atomic E-state index is 11.9. The molecule has 0 radical (unpaired) electrons. The van der Waals surface area contributed by atoms with E-state index in [0.717, 1.165) is 0 Å². The Labute approximate surface area is 116 Å². The first kappa shape index (κ1) is 14.0. The number of nitrogens with zero attached hydrogens (tertiary/aromatic N) is 1. The van der Waals surface area contributed by atoms with E-state index in [1.807, 2.05) is 6.07 Å². The van der Waals surface area contributed by atoms with Crippen LogP contribution in [0.4, 0.5) is 0 Å². The second-order valence-electron chi connectivity index (χ2n) is 3.95. The predicted molar refractivity (Wildman–Crippen MR) is 74.6 cm³/mol. The molecule has 0 spiro atoms. The van der Waals surface area contributed by atoms with Crippen molar-refractivity contribution in [3.63, 3.8) is 0 Å². The average molecular weight is 289 g/mol. The molecule has 0 aliphatic carbocycles. The molecular weight excluding hydrogens is 278 g/mol. The number of carbonyl (C=O) groups is 1. The van der Waals surface area contributed by atoms with E-state index in [-0.39, 0.29) is 10.5 Å². The van der Waals surface area contributed by atoms with Gasteiger partial charge in [-0.1, -0.05) is 30.3 Å². The summed E-state index contributed by atoms with van der Waals surface area (Å²) in [6.45, 7) is 0. The molecule has 0 saturated carbocycles. The summed E-state index contributed by atoms with van der Waals surface area (Å²) in [6, 6.07) is 13.7. The Balaban J connectivity index is 2.27. The summed E-state index contributed by atoms with van der Waals surface area (Å²) in [6.07, 6.45) is 1.25. The lowest BCUT2D eigenvalue weighted by Crippen LogP contribution is -2.00. The minimum absolute atomic E-state index is 0.0241. The number of sulfonamides is 1. The van der Waals surface area contributed by atoms with Gasteiger partial charge in [0.25, 0.3) is 10.0 Å². The van der Waals surface area contributed by atoms with E-state index in [0.29, 0.717) is 5.56 Å². The van der Waals surface area contributed by atoms with Crippen LogP contribution in [0.15, 0.2) is 63.9 Å². The van der Waals surface area contributed by atoms with Crippen molar-refractivity contribution in [1.29, 1.82) is 0 Å². The number of benzene rings is 2. The lowest BCUT2D eigenvalue weighted by atomic mass is 10.2. The summed E-state index contributed by atoms with van der Waals surface area (Å²) in [5.41, 5.74) is 0.689. The molecule has 2 rings (SSSR count). The van der Waals surface area contributed by atoms with Crippen molar-refractivity contribution in [2.24, 2.45) is 4.40 Å². The first-order chi connectivity index (χ1) is 9.49. The van der Waals surface area contributed by atoms with Gasteiger partial charge in [-0.3, -0.25) is 0 Å². The lowest BCUT2D eigenvalue weighted by molar-refractivity contribution is 0.0697. The smallest absolute Gasteiger partial charge is 0.335 e. The molecule has 0 aliphatic heterocycles. The zero-order chi connectivity index (χ0) is 14.6. The van der Waals surface area contributed by atoms with E-state index in [2.05, 4.69) is 4.40 Å². The summed E-state index contributed by atoms with van der Waals surface area (Å²) >= 11 is 0. The van der Waals surface area contributed by atoms with Gasteiger partial charge in [0.1, 0.15) is 0 Å². The van der Waals surface area contributed by atoms with E-state index in [1.54, 1.807) is 24.3 Å². The molecule has 102 valence electrons. The third kappa shape index (κ3) is 3.30. The highest BCUT2D eigenvalue weighted by atomic mass is 32.2. The molecular formula is C14H11NO4S. The van der Waals surface area contributed by atoms with E-state index < -0.39 is 16.0 Å². The minimum Gasteiger partial charge on any atom is -0.478 e. The minimum atomic E-state index is -3.82. The fraction of sp³-hybridized carbons (Fsp3) is 0. The van der Waals surface area contributed by atoms with Crippen molar-refractivity contribution in [3.8, 4) is 0 Å². The van der Waals surface area contributed by atoms with Gasteiger partial charge in [-0.15, -0.1) is 0 Å². The second-order valence-corrected chi connectivity index (χ2v) is 5.58. The Bertz CT molecular complexity index is 735. The number of rotatable bonds is 4. The molecule has 0 fully saturated rings. The molecule has 0 aliphatic rings. The number of carboxylic acid groups (broad SMARTS) is 1. The van der Waals surface area contributed by atoms with Gasteiger partial charge in [0.05, 0.1) is 10.5 Å². The molecule has 2 aromatic rings. The monoisotopic (exact) mass is 289 g/mol. The molecule has 5 nitrogen and oxygen atoms in total. The molecule has 0 aromatic heterocycles. The van der Waals surface area contributed by atoms with E-state index in [9.17, 15) is 13.2 Å². The van der Waals surface area contributed by atoms with E-state index in [4.69, 9.17) is 5.11 Å². The van der Waals surface area contributed by atoms with Crippen LogP contribution in [-0.2, 0) is 10.0 Å². The molecule has 0 amide bonds. The molecule has 0 bridgehead atoms. The highest BCUT2D eigenvalue weighted by Gasteiger charge is 2.12. The highest BCUT2D eigenvalue weighted by molar-refractivity contribution is 7.90. The molecule has 0 saturated heterocycles. The third-order valence-corrected chi connectivity index (χ3v) is 3.79. The SMILES string of the molecule is O=C(O)c1ccc(S(=O)(=O)N=Cc2ccccc2)cc1. The van der Waals surface area contributed by atoms with Gasteiger partial charge in [-0.25, -0.2) is 4.79 Å². The Morgan fingerprint density at radius 3 is 2.15 bits per heavy atom. The van der Waals surface area contributed by atoms with E-state index in [1.165, 1.54) is 30.5 Å². The zero-order valence-corrected chi connectivity index (χ0v) is 11.1. The van der Waals surface area contributed by atoms with Gasteiger partial charge in [0.2, 0.25) is 0 Å². The van der Waals surface area contributed by atoms with Crippen molar-refractivity contribution in [3.05, 3.63) is 65.7 Å². The van der Waals surface area contributed by atoms with Crippen LogP contribution in [0.5, 0.6) is 0 Å². The van der Waals surface area contributed by atoms with Gasteiger partial charge in [0, 0.05) is 6.21 Å². The second kappa shape index (κ2) is 5.66. The van der Waals surface area contributed by atoms with Crippen molar-refractivity contribution >= 4 is 22.2 Å². The number of hydrogen-bond donors (Lipinski definition) is 1. The highest BCUT2D eigenvalue weighted by Crippen LogP contribution is 2.13. The van der Waals surface area contributed by atoms with Crippen molar-refractivity contribution in [2.45, 2.75) is 4.90 Å². The fourth-order valence-corrected chi connectivity index (χ4v) is 2.36. The van der Waals surface area contributed by atoms with Crippen LogP contribution >= 0.6 is 0 Å². The lowest BCUT2D eigenvalue weighted by Gasteiger charge is -1.99. The fourth-order valence-electron chi connectivity index (χ4n) is 1.50. The van der Waals surface area contributed by atoms with Crippen LogP contribution in [0, 0.1) is 0 Å². The standard InChI is InChI=1S/C14H11NO4S/c16-14(17)12-6-8-13(9-7-12)20(18,19)15-10-11-4-2-1-3-5-11/h1-10H,(H,16,17). The van der Waals surface area contributed by atoms with Crippen LogP contribution in [-0.4, -0.2) is 25.7 Å². The summed E-state index contributed by atoms with van der Waals surface area (Å²) in [5, 5.41) is 8.75. The van der Waals surface area contributed by atoms with Gasteiger partial charge in [-0.05, 0) is 29.8 Å². The van der Waals surface area contributed by atoms with Crippen LogP contribution < -0.4 is 0 Å². The number of aromatic carboxylic acids is 1. The number of carboxylic acids is 1. The summed E-state index contributed by atoms with van der Waals surface area (Å²) in [7, 11) is -3.82. The molecule has 0 heterocycles. The largest absolute Gasteiger partial charge is 0.478 e. The van der Waals surface area contributed by atoms with Gasteiger partial charge < -0.3 is 5.11 Å². The number of hydrogen-bond acceptors (Lipinski definition) is 3. The first-order valence-corrected chi connectivity index (χ1v) is 7.12. The van der Waals surface area contributed by atoms with Crippen molar-refractivity contribution in [2.75, 3.05) is 0 Å². The van der Waals surface area contributed by atoms with Crippen molar-refractivity contribution in [1.82, 2.24) is 0 Å². The van der Waals surface area contributed by atoms with Crippen LogP contribution in [0.25, 0.3) is 0 Å². The predicted octanol–water partition coefficient (Wildman–Crippen LogP) is 2.19. The molecule has 1 N–H and O–H groups in total. The molecule has 0 atom stereocenters. The average Bonchev–Trinajstić information content (AvgIpc) is 2.46. The van der Waals surface area contributed by atoms with Crippen LogP contribution in [0.3, 0.4) is 0 Å². The topological polar surface area (TPSA) is 83.8 Å². The molecule has 0 unspecified atom stereocenters. The van der Waals surface area contributed by atoms with Gasteiger partial charge >= 0.3 is 5.97 Å². The van der Waals surface area contributed by atoms with Crippen molar-refractivity contribution < 1.29 is 18.3 Å². The summed E-state index contributed by atoms with van der Waals surface area (Å²) < 4.78 is 27.5. The Morgan fingerprint density at radius 1 is 1.00 bits per heavy atom.